The number of aromatic nitrogens is 3. The smallest absolute Gasteiger partial charge is 0.121 e. The number of nitrogens with one attached hydrogen (secondary N) is 1. The molecule has 2 aromatic carbocycles. The second kappa shape index (κ2) is 8.71. The highest BCUT2D eigenvalue weighted by Gasteiger charge is 2.22. The second-order valence-electron chi connectivity index (χ2n) is 8.81. The van der Waals surface area contributed by atoms with E-state index in [1.165, 1.54) is 0 Å². The second-order valence-corrected chi connectivity index (χ2v) is 9.25. The summed E-state index contributed by atoms with van der Waals surface area (Å²) in [7, 11) is 1.67. The van der Waals surface area contributed by atoms with E-state index in [-0.39, 0.29) is 0 Å². The first kappa shape index (κ1) is 21.6. The Kier molecular flexibility index (Phi) is 5.38. The Balaban J connectivity index is 1.63. The van der Waals surface area contributed by atoms with Gasteiger partial charge in [0.2, 0.25) is 0 Å². The number of nitrogens with zero attached hydrogens (tertiary/aromatic N) is 4. The zero-order valence-electron chi connectivity index (χ0n) is 19.5. The number of benzene rings is 3. The fourth-order valence-corrected chi connectivity index (χ4v) is 4.30. The number of hydrogen-bond donors (Lipinski definition) is 1. The first-order valence-electron chi connectivity index (χ1n) is 11.6. The molecule has 174 valence electrons. The van der Waals surface area contributed by atoms with Crippen LogP contribution in [0.15, 0.2) is 77.9 Å². The van der Waals surface area contributed by atoms with Crippen LogP contribution in [0.2, 0.25) is 5.02 Å². The Morgan fingerprint density at radius 2 is 1.86 bits per heavy atom. The molecule has 6 rings (SSSR count). The van der Waals surface area contributed by atoms with Crippen LogP contribution in [0.4, 0.5) is 11.4 Å². The van der Waals surface area contributed by atoms with Crippen molar-refractivity contribution in [2.45, 2.75) is 25.8 Å². The van der Waals surface area contributed by atoms with Gasteiger partial charge in [0.25, 0.3) is 0 Å². The van der Waals surface area contributed by atoms with E-state index in [1.54, 1.807) is 7.11 Å². The lowest BCUT2D eigenvalue weighted by Gasteiger charge is -2.21. The number of anilines is 2. The Bertz CT molecular complexity index is 1570. The van der Waals surface area contributed by atoms with Crippen molar-refractivity contribution in [3.63, 3.8) is 0 Å². The summed E-state index contributed by atoms with van der Waals surface area (Å²) in [5, 5.41) is 5.12. The largest absolute Gasteiger partial charge is 0.497 e. The minimum absolute atomic E-state index is 0.363. The lowest BCUT2D eigenvalue weighted by molar-refractivity contribution is 0.415. The number of hydrogen-bond acceptors (Lipinski definition) is 5. The van der Waals surface area contributed by atoms with E-state index in [0.29, 0.717) is 11.1 Å². The van der Waals surface area contributed by atoms with Crippen LogP contribution >= 0.6 is 11.6 Å². The minimum atomic E-state index is 0.363. The van der Waals surface area contributed by atoms with Crippen LogP contribution in [0.1, 0.15) is 18.5 Å². The maximum Gasteiger partial charge on any atom is 0.121 e. The normalized spacial score (nSPS) is 14.0. The Morgan fingerprint density at radius 3 is 2.57 bits per heavy atom. The highest BCUT2D eigenvalue weighted by molar-refractivity contribution is 6.30. The van der Waals surface area contributed by atoms with Gasteiger partial charge >= 0.3 is 0 Å². The quantitative estimate of drug-likeness (QED) is 0.299. The Labute approximate surface area is 208 Å². The van der Waals surface area contributed by atoms with Crippen molar-refractivity contribution < 1.29 is 4.74 Å². The first-order chi connectivity index (χ1) is 17.1. The van der Waals surface area contributed by atoms with Gasteiger partial charge in [0.1, 0.15) is 5.75 Å². The van der Waals surface area contributed by atoms with E-state index in [1.807, 2.05) is 67.7 Å². The number of halogens is 1. The molecule has 2 heterocycles. The summed E-state index contributed by atoms with van der Waals surface area (Å²) in [4.78, 5) is 14.5. The molecule has 1 aromatic heterocycles. The van der Waals surface area contributed by atoms with Gasteiger partial charge in [-0.05, 0) is 80.4 Å². The molecular formula is C28H24ClN5O. The predicted octanol–water partition coefficient (Wildman–Crippen LogP) is 6.30. The fraction of sp³-hybridized carbons (Fsp3) is 0.179. The summed E-state index contributed by atoms with van der Waals surface area (Å²) in [5.41, 5.74) is 7.42. The minimum Gasteiger partial charge on any atom is -0.497 e. The van der Waals surface area contributed by atoms with Crippen LogP contribution < -0.4 is 15.4 Å². The van der Waals surface area contributed by atoms with Crippen molar-refractivity contribution in [2.75, 3.05) is 12.4 Å². The molecule has 7 heteroatoms. The molecule has 0 radical (unpaired) electrons. The van der Waals surface area contributed by atoms with Crippen molar-refractivity contribution in [3.05, 3.63) is 89.0 Å². The highest BCUT2D eigenvalue weighted by Crippen LogP contribution is 2.33. The third-order valence-corrected chi connectivity index (χ3v) is 6.39. The van der Waals surface area contributed by atoms with E-state index in [9.17, 15) is 0 Å². The van der Waals surface area contributed by atoms with Gasteiger partial charge in [-0.3, -0.25) is 9.98 Å². The maximum atomic E-state index is 6.21. The number of methoxy groups -OCH3 is 1. The van der Waals surface area contributed by atoms with Gasteiger partial charge in [-0.15, -0.1) is 0 Å². The topological polar surface area (TPSA) is 64.3 Å². The van der Waals surface area contributed by atoms with Gasteiger partial charge in [-0.25, -0.2) is 4.98 Å². The van der Waals surface area contributed by atoms with Gasteiger partial charge in [0.15, 0.2) is 0 Å². The molecule has 0 bridgehead atoms. The third-order valence-electron chi connectivity index (χ3n) is 6.14. The molecule has 1 saturated carbocycles. The maximum absolute atomic E-state index is 6.21. The molecule has 0 unspecified atom stereocenters. The predicted molar refractivity (Wildman–Crippen MR) is 140 cm³/mol. The molecule has 1 N–H and O–H groups in total. The lowest BCUT2D eigenvalue weighted by atomic mass is 10.1. The van der Waals surface area contributed by atoms with Crippen LogP contribution in [0.5, 0.6) is 5.75 Å². The molecule has 1 fully saturated rings. The SMILES string of the molecule is COc1ccc2nc3cc(Nc4ccc(C)nc4)c(=NC4CC4)cc-3n(-c3ccc(Cl)cc3)c2c1. The summed E-state index contributed by atoms with van der Waals surface area (Å²) in [6.45, 7) is 1.98. The van der Waals surface area contributed by atoms with Gasteiger partial charge in [-0.2, -0.15) is 0 Å². The summed E-state index contributed by atoms with van der Waals surface area (Å²) in [6, 6.07) is 22.3. The first-order valence-corrected chi connectivity index (χ1v) is 12.0. The van der Waals surface area contributed by atoms with Crippen molar-refractivity contribution in [1.82, 2.24) is 14.5 Å². The van der Waals surface area contributed by atoms with Crippen molar-refractivity contribution in [1.29, 1.82) is 0 Å². The Hall–Kier alpha value is -3.90. The lowest BCUT2D eigenvalue weighted by Crippen LogP contribution is -2.15. The van der Waals surface area contributed by atoms with Gasteiger partial charge in [0, 0.05) is 22.5 Å². The summed E-state index contributed by atoms with van der Waals surface area (Å²) < 4.78 is 7.72. The van der Waals surface area contributed by atoms with E-state index >= 15 is 0 Å². The molecule has 1 aliphatic heterocycles. The monoisotopic (exact) mass is 481 g/mol. The molecule has 0 atom stereocenters. The van der Waals surface area contributed by atoms with Crippen molar-refractivity contribution in [3.8, 4) is 22.8 Å². The standard InChI is InChI=1S/C28H24ClN5O/c1-17-3-6-20(16-30-17)32-24-14-26-28(15-25(24)31-19-7-8-19)34(21-9-4-18(29)5-10-21)27-13-22(35-2)11-12-23(27)33-26/h3-6,9-16,19,32H,7-8H2,1-2H3. The van der Waals surface area contributed by atoms with E-state index < -0.39 is 0 Å². The molecule has 0 saturated heterocycles. The van der Waals surface area contributed by atoms with Gasteiger partial charge in [0.05, 0.1) is 58.5 Å². The number of aryl methyl sites for hydroxylation is 1. The molecule has 0 amide bonds. The summed E-state index contributed by atoms with van der Waals surface area (Å²) in [5.74, 6) is 0.773. The van der Waals surface area contributed by atoms with E-state index in [0.717, 1.165) is 69.1 Å². The zero-order chi connectivity index (χ0) is 23.9. The van der Waals surface area contributed by atoms with E-state index in [2.05, 4.69) is 27.0 Å². The van der Waals surface area contributed by atoms with Crippen LogP contribution in [0, 0.1) is 6.92 Å². The zero-order valence-corrected chi connectivity index (χ0v) is 20.3. The summed E-state index contributed by atoms with van der Waals surface area (Å²) >= 11 is 6.21. The van der Waals surface area contributed by atoms with Gasteiger partial charge < -0.3 is 14.6 Å². The average Bonchev–Trinajstić information content (AvgIpc) is 3.69. The van der Waals surface area contributed by atoms with Crippen molar-refractivity contribution >= 4 is 34.0 Å². The molecule has 3 aromatic rings. The molecular weight excluding hydrogens is 458 g/mol. The molecule has 35 heavy (non-hydrogen) atoms. The molecule has 0 spiro atoms. The summed E-state index contributed by atoms with van der Waals surface area (Å²) in [6.07, 6.45) is 4.08. The fourth-order valence-electron chi connectivity index (χ4n) is 4.17. The highest BCUT2D eigenvalue weighted by atomic mass is 35.5. The van der Waals surface area contributed by atoms with Crippen LogP contribution in [0.3, 0.4) is 0 Å². The van der Waals surface area contributed by atoms with Crippen LogP contribution in [0.25, 0.3) is 28.1 Å². The van der Waals surface area contributed by atoms with E-state index in [4.69, 9.17) is 26.3 Å². The Morgan fingerprint density at radius 1 is 1.03 bits per heavy atom. The molecule has 3 aliphatic rings. The molecule has 6 nitrogen and oxygen atoms in total. The van der Waals surface area contributed by atoms with Crippen molar-refractivity contribution in [2.24, 2.45) is 4.99 Å². The number of fused-ring (bicyclic) bond motifs is 2. The van der Waals surface area contributed by atoms with Crippen LogP contribution in [-0.4, -0.2) is 27.7 Å². The average molecular weight is 482 g/mol. The molecule has 2 aliphatic carbocycles. The van der Waals surface area contributed by atoms with Crippen LogP contribution in [-0.2, 0) is 0 Å². The number of pyridine rings is 1. The number of rotatable bonds is 5. The van der Waals surface area contributed by atoms with Gasteiger partial charge in [-0.1, -0.05) is 11.6 Å². The number of ether oxygens (including phenoxy) is 1. The third kappa shape index (κ3) is 4.33.